The number of aromatic nitrogens is 2. The third-order valence-electron chi connectivity index (χ3n) is 1.31. The molecule has 0 saturated heterocycles. The van der Waals surface area contributed by atoms with Gasteiger partial charge in [0, 0.05) is 6.54 Å². The number of hydrogen-bond acceptors (Lipinski definition) is 3. The van der Waals surface area contributed by atoms with E-state index in [4.69, 9.17) is 0 Å². The van der Waals surface area contributed by atoms with E-state index in [1.807, 2.05) is 6.92 Å². The van der Waals surface area contributed by atoms with Gasteiger partial charge in [0.25, 0.3) is 0 Å². The molecule has 1 heterocycles. The fraction of sp³-hybridized carbons (Fsp3) is 0.429. The Kier molecular flexibility index (Phi) is 2.69. The van der Waals surface area contributed by atoms with E-state index in [1.165, 1.54) is 6.07 Å². The molecule has 6 heteroatoms. The molecule has 1 rings (SSSR count). The zero-order valence-corrected chi connectivity index (χ0v) is 6.89. The van der Waals surface area contributed by atoms with Gasteiger partial charge in [-0.2, -0.15) is 13.2 Å². The van der Waals surface area contributed by atoms with Gasteiger partial charge in [0.1, 0.15) is 5.82 Å². The minimum atomic E-state index is -4.42. The Morgan fingerprint density at radius 2 is 2.00 bits per heavy atom. The molecule has 0 radical (unpaired) electrons. The monoisotopic (exact) mass is 191 g/mol. The van der Waals surface area contributed by atoms with E-state index in [0.717, 1.165) is 6.07 Å². The number of anilines is 1. The number of halogens is 3. The molecule has 0 unspecified atom stereocenters. The Balaban J connectivity index is 2.81. The summed E-state index contributed by atoms with van der Waals surface area (Å²) in [4.78, 5) is 0. The van der Waals surface area contributed by atoms with Crippen molar-refractivity contribution in [3.8, 4) is 0 Å². The minimum Gasteiger partial charge on any atom is -0.369 e. The second kappa shape index (κ2) is 3.59. The largest absolute Gasteiger partial charge is 0.435 e. The zero-order chi connectivity index (χ0) is 9.90. The topological polar surface area (TPSA) is 37.8 Å². The second-order valence-electron chi connectivity index (χ2n) is 2.33. The van der Waals surface area contributed by atoms with Gasteiger partial charge in [0.15, 0.2) is 5.69 Å². The minimum absolute atomic E-state index is 0.343. The molecule has 0 bridgehead atoms. The van der Waals surface area contributed by atoms with Crippen molar-refractivity contribution in [3.05, 3.63) is 17.8 Å². The molecule has 1 aromatic rings. The van der Waals surface area contributed by atoms with Gasteiger partial charge >= 0.3 is 6.18 Å². The fourth-order valence-corrected chi connectivity index (χ4v) is 0.759. The maximum atomic E-state index is 12.0. The van der Waals surface area contributed by atoms with Gasteiger partial charge in [0.2, 0.25) is 0 Å². The second-order valence-corrected chi connectivity index (χ2v) is 2.33. The van der Waals surface area contributed by atoms with E-state index >= 15 is 0 Å². The first kappa shape index (κ1) is 9.76. The first-order chi connectivity index (χ1) is 6.04. The van der Waals surface area contributed by atoms with Crippen molar-refractivity contribution in [2.24, 2.45) is 0 Å². The van der Waals surface area contributed by atoms with Crippen LogP contribution in [0.2, 0.25) is 0 Å². The van der Waals surface area contributed by atoms with Gasteiger partial charge in [-0.25, -0.2) is 0 Å². The van der Waals surface area contributed by atoms with Crippen LogP contribution < -0.4 is 5.32 Å². The fourth-order valence-electron chi connectivity index (χ4n) is 0.759. The SMILES string of the molecule is CCNc1ccc(C(F)(F)F)nn1. The highest BCUT2D eigenvalue weighted by atomic mass is 19.4. The van der Waals surface area contributed by atoms with Crippen molar-refractivity contribution in [2.75, 3.05) is 11.9 Å². The molecule has 0 aliphatic heterocycles. The van der Waals surface area contributed by atoms with Crippen LogP contribution in [0.25, 0.3) is 0 Å². The summed E-state index contributed by atoms with van der Waals surface area (Å²) >= 11 is 0. The highest BCUT2D eigenvalue weighted by molar-refractivity contribution is 5.32. The van der Waals surface area contributed by atoms with Crippen molar-refractivity contribution in [1.82, 2.24) is 10.2 Å². The summed E-state index contributed by atoms with van der Waals surface area (Å²) in [5.74, 6) is 0.343. The standard InChI is InChI=1S/C7H8F3N3/c1-2-11-6-4-3-5(12-13-6)7(8,9)10/h3-4H,2H2,1H3,(H,11,13). The van der Waals surface area contributed by atoms with Crippen LogP contribution in [0.4, 0.5) is 19.0 Å². The predicted octanol–water partition coefficient (Wildman–Crippen LogP) is 1.93. The third-order valence-corrected chi connectivity index (χ3v) is 1.31. The Bertz CT molecular complexity index is 267. The van der Waals surface area contributed by atoms with Gasteiger partial charge < -0.3 is 5.32 Å². The quantitative estimate of drug-likeness (QED) is 0.776. The van der Waals surface area contributed by atoms with Crippen LogP contribution >= 0.6 is 0 Å². The number of rotatable bonds is 2. The Hall–Kier alpha value is -1.33. The molecule has 0 atom stereocenters. The van der Waals surface area contributed by atoms with Gasteiger partial charge in [-0.05, 0) is 19.1 Å². The molecule has 0 aromatic carbocycles. The van der Waals surface area contributed by atoms with Crippen molar-refractivity contribution in [1.29, 1.82) is 0 Å². The van der Waals surface area contributed by atoms with E-state index in [2.05, 4.69) is 15.5 Å². The number of nitrogens with one attached hydrogen (secondary N) is 1. The lowest BCUT2D eigenvalue weighted by Crippen LogP contribution is -2.10. The van der Waals surface area contributed by atoms with Crippen LogP contribution in [0.15, 0.2) is 12.1 Å². The van der Waals surface area contributed by atoms with Crippen LogP contribution in [-0.2, 0) is 6.18 Å². The average Bonchev–Trinajstić information content (AvgIpc) is 2.04. The summed E-state index contributed by atoms with van der Waals surface area (Å²) in [7, 11) is 0. The van der Waals surface area contributed by atoms with Gasteiger partial charge in [-0.1, -0.05) is 0 Å². The van der Waals surface area contributed by atoms with Crippen LogP contribution in [-0.4, -0.2) is 16.7 Å². The van der Waals surface area contributed by atoms with Crippen LogP contribution in [0, 0.1) is 0 Å². The summed E-state index contributed by atoms with van der Waals surface area (Å²) in [5, 5.41) is 9.13. The average molecular weight is 191 g/mol. The molecule has 1 N–H and O–H groups in total. The van der Waals surface area contributed by atoms with Crippen LogP contribution in [0.5, 0.6) is 0 Å². The number of hydrogen-bond donors (Lipinski definition) is 1. The summed E-state index contributed by atoms with van der Waals surface area (Å²) in [6.45, 7) is 2.42. The lowest BCUT2D eigenvalue weighted by atomic mass is 10.4. The van der Waals surface area contributed by atoms with E-state index < -0.39 is 11.9 Å². The molecule has 0 saturated carbocycles. The summed E-state index contributed by atoms with van der Waals surface area (Å²) in [5.41, 5.74) is -0.978. The van der Waals surface area contributed by atoms with E-state index in [9.17, 15) is 13.2 Å². The third kappa shape index (κ3) is 2.57. The van der Waals surface area contributed by atoms with Crippen molar-refractivity contribution in [3.63, 3.8) is 0 Å². The van der Waals surface area contributed by atoms with Crippen molar-refractivity contribution >= 4 is 5.82 Å². The molecule has 0 amide bonds. The first-order valence-corrected chi connectivity index (χ1v) is 3.69. The van der Waals surface area contributed by atoms with E-state index in [1.54, 1.807) is 0 Å². The van der Waals surface area contributed by atoms with Gasteiger partial charge in [-0.3, -0.25) is 0 Å². The van der Waals surface area contributed by atoms with E-state index in [0.29, 0.717) is 12.4 Å². The highest BCUT2D eigenvalue weighted by Gasteiger charge is 2.32. The molecule has 0 aliphatic rings. The van der Waals surface area contributed by atoms with Crippen molar-refractivity contribution in [2.45, 2.75) is 13.1 Å². The molecule has 0 fully saturated rings. The van der Waals surface area contributed by atoms with Crippen molar-refractivity contribution < 1.29 is 13.2 Å². The lowest BCUT2D eigenvalue weighted by Gasteiger charge is -2.05. The summed E-state index contributed by atoms with van der Waals surface area (Å²) in [6, 6.07) is 2.14. The molecule has 13 heavy (non-hydrogen) atoms. The smallest absolute Gasteiger partial charge is 0.369 e. The molecule has 3 nitrogen and oxygen atoms in total. The normalized spacial score (nSPS) is 11.4. The lowest BCUT2D eigenvalue weighted by molar-refractivity contribution is -0.141. The Morgan fingerprint density at radius 3 is 2.38 bits per heavy atom. The Labute approximate surface area is 73.0 Å². The number of alkyl halides is 3. The van der Waals surface area contributed by atoms with Gasteiger partial charge in [0.05, 0.1) is 0 Å². The molecular weight excluding hydrogens is 183 g/mol. The van der Waals surface area contributed by atoms with Crippen LogP contribution in [0.3, 0.4) is 0 Å². The van der Waals surface area contributed by atoms with Crippen LogP contribution in [0.1, 0.15) is 12.6 Å². The molecule has 0 spiro atoms. The molecule has 0 aliphatic carbocycles. The van der Waals surface area contributed by atoms with E-state index in [-0.39, 0.29) is 0 Å². The maximum Gasteiger partial charge on any atom is 0.435 e. The zero-order valence-electron chi connectivity index (χ0n) is 6.89. The summed E-state index contributed by atoms with van der Waals surface area (Å²) < 4.78 is 35.9. The predicted molar refractivity (Wildman–Crippen MR) is 41.2 cm³/mol. The molecular formula is C7H8F3N3. The van der Waals surface area contributed by atoms with Gasteiger partial charge in [-0.15, -0.1) is 10.2 Å². The molecule has 72 valence electrons. The molecule has 1 aromatic heterocycles. The first-order valence-electron chi connectivity index (χ1n) is 3.69. The summed E-state index contributed by atoms with van der Waals surface area (Å²) in [6.07, 6.45) is -4.42. The maximum absolute atomic E-state index is 12.0. The number of nitrogens with zero attached hydrogens (tertiary/aromatic N) is 2. The highest BCUT2D eigenvalue weighted by Crippen LogP contribution is 2.26. The Morgan fingerprint density at radius 1 is 1.31 bits per heavy atom.